The maximum atomic E-state index is 6.01. The molecule has 0 heterocycles. The Labute approximate surface area is 102 Å². The minimum absolute atomic E-state index is 0.706. The minimum atomic E-state index is 0.706. The molecule has 4 heteroatoms. The third kappa shape index (κ3) is 3.85. The number of nitrogen functional groups attached to an aromatic ring is 1. The number of hydrogen-bond acceptors (Lipinski definition) is 4. The lowest BCUT2D eigenvalue weighted by Gasteiger charge is -2.13. The molecule has 0 aliphatic carbocycles. The van der Waals surface area contributed by atoms with Gasteiger partial charge in [-0.2, -0.15) is 11.8 Å². The second-order valence-electron chi connectivity index (χ2n) is 3.49. The summed E-state index contributed by atoms with van der Waals surface area (Å²) in [6.07, 6.45) is 3.08. The molecule has 3 N–H and O–H groups in total. The first-order valence-corrected chi connectivity index (χ1v) is 6.93. The number of para-hydroxylation sites is 1. The van der Waals surface area contributed by atoms with E-state index in [1.807, 2.05) is 30.0 Å². The van der Waals surface area contributed by atoms with E-state index in [-0.39, 0.29) is 0 Å². The van der Waals surface area contributed by atoms with Gasteiger partial charge in [0.15, 0.2) is 0 Å². The Kier molecular flexibility index (Phi) is 5.93. The molecule has 0 aromatic heterocycles. The van der Waals surface area contributed by atoms with Crippen molar-refractivity contribution in [1.29, 1.82) is 0 Å². The van der Waals surface area contributed by atoms with Crippen molar-refractivity contribution in [3.8, 4) is 5.75 Å². The van der Waals surface area contributed by atoms with Gasteiger partial charge in [-0.25, -0.2) is 0 Å². The third-order valence-corrected chi connectivity index (χ3v) is 2.76. The fourth-order valence-corrected chi connectivity index (χ4v) is 1.63. The largest absolute Gasteiger partial charge is 0.491 e. The number of ether oxygens (including phenoxy) is 1. The zero-order valence-corrected chi connectivity index (χ0v) is 10.8. The number of rotatable bonds is 7. The maximum Gasteiger partial charge on any atom is 0.144 e. The fraction of sp³-hybridized carbons (Fsp3) is 0.500. The van der Waals surface area contributed by atoms with Crippen LogP contribution in [0.2, 0.25) is 0 Å². The molecule has 0 saturated heterocycles. The first-order chi connectivity index (χ1) is 7.79. The highest BCUT2D eigenvalue weighted by Gasteiger charge is 2.04. The Morgan fingerprint density at radius 3 is 2.94 bits per heavy atom. The van der Waals surface area contributed by atoms with E-state index in [9.17, 15) is 0 Å². The number of hydrogen-bond donors (Lipinski definition) is 2. The molecule has 0 amide bonds. The normalized spacial score (nSPS) is 10.1. The summed E-state index contributed by atoms with van der Waals surface area (Å²) in [5.74, 6) is 1.84. The summed E-state index contributed by atoms with van der Waals surface area (Å²) in [5, 5.41) is 3.30. The van der Waals surface area contributed by atoms with Crippen molar-refractivity contribution >= 4 is 23.1 Å². The summed E-state index contributed by atoms with van der Waals surface area (Å²) in [6, 6.07) is 5.85. The SMILES string of the molecule is CCCOc1cccc(NCCSC)c1N. The Balaban J connectivity index is 2.62. The minimum Gasteiger partial charge on any atom is -0.491 e. The van der Waals surface area contributed by atoms with Crippen LogP contribution < -0.4 is 15.8 Å². The van der Waals surface area contributed by atoms with Crippen molar-refractivity contribution < 1.29 is 4.74 Å². The summed E-state index contributed by atoms with van der Waals surface area (Å²) in [7, 11) is 0. The first-order valence-electron chi connectivity index (χ1n) is 5.53. The Bertz CT molecular complexity index is 318. The smallest absolute Gasteiger partial charge is 0.144 e. The standard InChI is InChI=1S/C12H20N2OS/c1-3-8-15-11-6-4-5-10(12(11)13)14-7-9-16-2/h4-6,14H,3,7-9,13H2,1-2H3. The van der Waals surface area contributed by atoms with Crippen molar-refractivity contribution in [2.45, 2.75) is 13.3 Å². The van der Waals surface area contributed by atoms with Gasteiger partial charge in [-0.1, -0.05) is 13.0 Å². The van der Waals surface area contributed by atoms with Crippen LogP contribution in [0.25, 0.3) is 0 Å². The summed E-state index contributed by atoms with van der Waals surface area (Å²) in [6.45, 7) is 3.71. The second-order valence-corrected chi connectivity index (χ2v) is 4.47. The predicted octanol–water partition coefficient (Wildman–Crippen LogP) is 2.83. The number of anilines is 2. The molecule has 0 spiro atoms. The molecular weight excluding hydrogens is 220 g/mol. The Hall–Kier alpha value is -1.03. The maximum absolute atomic E-state index is 6.01. The lowest BCUT2D eigenvalue weighted by atomic mass is 10.2. The molecule has 0 aliphatic heterocycles. The van der Waals surface area contributed by atoms with E-state index < -0.39 is 0 Å². The van der Waals surface area contributed by atoms with Crippen LogP contribution in [-0.2, 0) is 0 Å². The van der Waals surface area contributed by atoms with Crippen molar-refractivity contribution in [2.24, 2.45) is 0 Å². The topological polar surface area (TPSA) is 47.3 Å². The molecule has 1 aromatic rings. The lowest BCUT2D eigenvalue weighted by Crippen LogP contribution is -2.07. The molecule has 90 valence electrons. The van der Waals surface area contributed by atoms with E-state index in [0.29, 0.717) is 12.3 Å². The van der Waals surface area contributed by atoms with Gasteiger partial charge in [-0.15, -0.1) is 0 Å². The van der Waals surface area contributed by atoms with Crippen LogP contribution in [0.5, 0.6) is 5.75 Å². The van der Waals surface area contributed by atoms with Gasteiger partial charge in [0.2, 0.25) is 0 Å². The Morgan fingerprint density at radius 2 is 2.25 bits per heavy atom. The van der Waals surface area contributed by atoms with Crippen molar-refractivity contribution in [2.75, 3.05) is 36.2 Å². The number of nitrogens with two attached hydrogens (primary N) is 1. The third-order valence-electron chi connectivity index (χ3n) is 2.15. The van der Waals surface area contributed by atoms with Gasteiger partial charge >= 0.3 is 0 Å². The van der Waals surface area contributed by atoms with Gasteiger partial charge in [0.25, 0.3) is 0 Å². The molecule has 1 rings (SSSR count). The van der Waals surface area contributed by atoms with Gasteiger partial charge in [0.1, 0.15) is 5.75 Å². The molecule has 3 nitrogen and oxygen atoms in total. The molecule has 0 atom stereocenters. The van der Waals surface area contributed by atoms with E-state index >= 15 is 0 Å². The molecular formula is C12H20N2OS. The van der Waals surface area contributed by atoms with Crippen LogP contribution in [0, 0.1) is 0 Å². The summed E-state index contributed by atoms with van der Waals surface area (Å²) in [5.41, 5.74) is 7.68. The van der Waals surface area contributed by atoms with Gasteiger partial charge in [0, 0.05) is 12.3 Å². The van der Waals surface area contributed by atoms with Gasteiger partial charge in [0.05, 0.1) is 18.0 Å². The Morgan fingerprint density at radius 1 is 1.44 bits per heavy atom. The highest BCUT2D eigenvalue weighted by Crippen LogP contribution is 2.29. The zero-order valence-electron chi connectivity index (χ0n) is 9.95. The fourth-order valence-electron chi connectivity index (χ4n) is 1.32. The van der Waals surface area contributed by atoms with Gasteiger partial charge in [-0.3, -0.25) is 0 Å². The van der Waals surface area contributed by atoms with E-state index in [1.54, 1.807) is 0 Å². The van der Waals surface area contributed by atoms with Crippen LogP contribution >= 0.6 is 11.8 Å². The number of nitrogens with one attached hydrogen (secondary N) is 1. The number of benzene rings is 1. The van der Waals surface area contributed by atoms with E-state index in [4.69, 9.17) is 10.5 Å². The van der Waals surface area contributed by atoms with Crippen molar-refractivity contribution in [3.63, 3.8) is 0 Å². The summed E-state index contributed by atoms with van der Waals surface area (Å²) in [4.78, 5) is 0. The predicted molar refractivity (Wildman–Crippen MR) is 73.5 cm³/mol. The van der Waals surface area contributed by atoms with Crippen LogP contribution in [-0.4, -0.2) is 25.2 Å². The molecule has 0 bridgehead atoms. The molecule has 0 unspecified atom stereocenters. The quantitative estimate of drug-likeness (QED) is 0.568. The first kappa shape index (κ1) is 13.0. The van der Waals surface area contributed by atoms with E-state index in [2.05, 4.69) is 18.5 Å². The number of thioether (sulfide) groups is 1. The van der Waals surface area contributed by atoms with Gasteiger partial charge in [-0.05, 0) is 24.8 Å². The van der Waals surface area contributed by atoms with Crippen molar-refractivity contribution in [3.05, 3.63) is 18.2 Å². The van der Waals surface area contributed by atoms with Gasteiger partial charge < -0.3 is 15.8 Å². The van der Waals surface area contributed by atoms with Crippen LogP contribution in [0.1, 0.15) is 13.3 Å². The molecule has 1 aromatic carbocycles. The van der Waals surface area contributed by atoms with Crippen LogP contribution in [0.15, 0.2) is 18.2 Å². The van der Waals surface area contributed by atoms with Crippen LogP contribution in [0.4, 0.5) is 11.4 Å². The highest BCUT2D eigenvalue weighted by molar-refractivity contribution is 7.98. The summed E-state index contributed by atoms with van der Waals surface area (Å²) < 4.78 is 5.56. The molecule has 0 saturated carbocycles. The van der Waals surface area contributed by atoms with Crippen LogP contribution in [0.3, 0.4) is 0 Å². The highest BCUT2D eigenvalue weighted by atomic mass is 32.2. The summed E-state index contributed by atoms with van der Waals surface area (Å²) >= 11 is 1.81. The zero-order chi connectivity index (χ0) is 11.8. The second kappa shape index (κ2) is 7.28. The van der Waals surface area contributed by atoms with E-state index in [0.717, 1.165) is 30.2 Å². The molecule has 16 heavy (non-hydrogen) atoms. The molecule has 0 aliphatic rings. The van der Waals surface area contributed by atoms with E-state index in [1.165, 1.54) is 0 Å². The monoisotopic (exact) mass is 240 g/mol. The molecule has 0 radical (unpaired) electrons. The molecule has 0 fully saturated rings. The van der Waals surface area contributed by atoms with Crippen molar-refractivity contribution in [1.82, 2.24) is 0 Å². The average Bonchev–Trinajstić information content (AvgIpc) is 2.30. The lowest BCUT2D eigenvalue weighted by molar-refractivity contribution is 0.319. The average molecular weight is 240 g/mol.